The Kier molecular flexibility index (Phi) is 4.93. The molecular formula is C18H20BF3N4O3. The fourth-order valence-electron chi connectivity index (χ4n) is 4.03. The number of likely N-dealkylation sites (tertiary alicyclic amines) is 1. The van der Waals surface area contributed by atoms with Crippen molar-refractivity contribution in [2.45, 2.75) is 19.5 Å². The lowest BCUT2D eigenvalue weighted by atomic mass is 9.72. The van der Waals surface area contributed by atoms with Crippen LogP contribution in [0.1, 0.15) is 18.9 Å². The van der Waals surface area contributed by atoms with E-state index in [1.165, 1.54) is 11.1 Å². The number of alkyl halides is 3. The van der Waals surface area contributed by atoms with E-state index in [-0.39, 0.29) is 18.4 Å². The van der Waals surface area contributed by atoms with Gasteiger partial charge in [0.05, 0.1) is 6.20 Å². The molecule has 2 aliphatic rings. The van der Waals surface area contributed by atoms with Crippen molar-refractivity contribution >= 4 is 29.8 Å². The second kappa shape index (κ2) is 7.29. The number of amides is 2. The number of nitrogens with zero attached hydrogens (tertiary/aromatic N) is 2. The summed E-state index contributed by atoms with van der Waals surface area (Å²) in [6.07, 6.45) is -0.542. The zero-order valence-electron chi connectivity index (χ0n) is 15.7. The second-order valence-electron chi connectivity index (χ2n) is 7.46. The second-order valence-corrected chi connectivity index (χ2v) is 7.46. The maximum absolute atomic E-state index is 12.4. The number of hydrogen-bond donors (Lipinski definition) is 3. The third-order valence-electron chi connectivity index (χ3n) is 5.50. The van der Waals surface area contributed by atoms with Crippen molar-refractivity contribution in [2.24, 2.45) is 11.8 Å². The SMILES string of the molecule is CC1CCN(C(=O)NCC(F)(F)F)CC1C1=CB(O)Oc2cnc3[nH]ccc3c21. The van der Waals surface area contributed by atoms with Crippen LogP contribution in [0.15, 0.2) is 24.4 Å². The van der Waals surface area contributed by atoms with Gasteiger partial charge in [-0.05, 0) is 30.0 Å². The predicted molar refractivity (Wildman–Crippen MR) is 101 cm³/mol. The van der Waals surface area contributed by atoms with Crippen LogP contribution in [0.4, 0.5) is 18.0 Å². The average Bonchev–Trinajstić information content (AvgIpc) is 3.14. The Hall–Kier alpha value is -2.69. The summed E-state index contributed by atoms with van der Waals surface area (Å²) in [5.41, 5.74) is 2.26. The molecule has 154 valence electrons. The molecule has 0 bridgehead atoms. The number of piperidine rings is 1. The highest BCUT2D eigenvalue weighted by molar-refractivity contribution is 6.52. The number of pyridine rings is 1. The molecule has 2 aliphatic heterocycles. The molecule has 2 unspecified atom stereocenters. The van der Waals surface area contributed by atoms with Crippen LogP contribution < -0.4 is 9.97 Å². The number of nitrogens with one attached hydrogen (secondary N) is 2. The lowest BCUT2D eigenvalue weighted by Crippen LogP contribution is -2.49. The summed E-state index contributed by atoms with van der Waals surface area (Å²) >= 11 is 0. The number of rotatable bonds is 2. The Morgan fingerprint density at radius 3 is 3.07 bits per heavy atom. The van der Waals surface area contributed by atoms with Crippen LogP contribution in [0, 0.1) is 11.8 Å². The topological polar surface area (TPSA) is 90.5 Å². The van der Waals surface area contributed by atoms with E-state index in [0.29, 0.717) is 24.4 Å². The third-order valence-corrected chi connectivity index (χ3v) is 5.50. The van der Waals surface area contributed by atoms with Crippen molar-refractivity contribution in [1.82, 2.24) is 20.2 Å². The predicted octanol–water partition coefficient (Wildman–Crippen LogP) is 2.59. The molecule has 2 aromatic heterocycles. The Balaban J connectivity index is 1.63. The number of halogens is 3. The van der Waals surface area contributed by atoms with E-state index in [9.17, 15) is 23.0 Å². The van der Waals surface area contributed by atoms with Crippen LogP contribution in [-0.2, 0) is 0 Å². The Labute approximate surface area is 165 Å². The van der Waals surface area contributed by atoms with Crippen molar-refractivity contribution < 1.29 is 27.6 Å². The number of urea groups is 1. The first-order valence-corrected chi connectivity index (χ1v) is 9.35. The largest absolute Gasteiger partial charge is 0.552 e. The molecule has 1 fully saturated rings. The first-order valence-electron chi connectivity index (χ1n) is 9.35. The molecule has 4 heterocycles. The van der Waals surface area contributed by atoms with E-state index in [0.717, 1.165) is 16.5 Å². The van der Waals surface area contributed by atoms with Gasteiger partial charge in [-0.15, -0.1) is 0 Å². The summed E-state index contributed by atoms with van der Waals surface area (Å²) in [5.74, 6) is 2.03. The van der Waals surface area contributed by atoms with Gasteiger partial charge in [0, 0.05) is 36.2 Å². The number of aromatic nitrogens is 2. The minimum atomic E-state index is -4.46. The van der Waals surface area contributed by atoms with Gasteiger partial charge in [-0.2, -0.15) is 13.2 Å². The molecule has 3 N–H and O–H groups in total. The van der Waals surface area contributed by atoms with Crippen molar-refractivity contribution in [3.05, 3.63) is 30.0 Å². The van der Waals surface area contributed by atoms with Gasteiger partial charge in [-0.3, -0.25) is 0 Å². The normalized spacial score (nSPS) is 22.2. The number of hydrogen-bond acceptors (Lipinski definition) is 4. The number of H-pyrrole nitrogens is 1. The summed E-state index contributed by atoms with van der Waals surface area (Å²) in [4.78, 5) is 21.0. The zero-order chi connectivity index (χ0) is 20.8. The number of fused-ring (bicyclic) bond motifs is 3. The fourth-order valence-corrected chi connectivity index (χ4v) is 4.03. The summed E-state index contributed by atoms with van der Waals surface area (Å²) in [6, 6.07) is 1.12. The standard InChI is InChI=1S/C18H20BF3N4O3/c1-10-3-5-26(17(27)25-9-18(20,21)22)8-13(10)12-6-19(28)29-14-7-24-16-11(15(12)14)2-4-23-16/h2,4,6-7,10,13,28H,3,5,8-9H2,1H3,(H,23,24)(H,25,27). The average molecular weight is 408 g/mol. The highest BCUT2D eigenvalue weighted by atomic mass is 19.4. The Bertz CT molecular complexity index is 961. The molecular weight excluding hydrogens is 388 g/mol. The van der Waals surface area contributed by atoms with Gasteiger partial charge in [0.25, 0.3) is 0 Å². The fraction of sp³-hybridized carbons (Fsp3) is 0.444. The Morgan fingerprint density at radius 1 is 1.52 bits per heavy atom. The summed E-state index contributed by atoms with van der Waals surface area (Å²) in [6.45, 7) is 1.29. The van der Waals surface area contributed by atoms with E-state index < -0.39 is 25.9 Å². The minimum Gasteiger partial charge on any atom is -0.531 e. The molecule has 1 saturated heterocycles. The van der Waals surface area contributed by atoms with Gasteiger partial charge in [-0.25, -0.2) is 9.78 Å². The summed E-state index contributed by atoms with van der Waals surface area (Å²) < 4.78 is 42.8. The van der Waals surface area contributed by atoms with Gasteiger partial charge in [0.15, 0.2) is 0 Å². The molecule has 2 aromatic rings. The summed E-state index contributed by atoms with van der Waals surface area (Å²) in [7, 11) is -1.16. The lowest BCUT2D eigenvalue weighted by molar-refractivity contribution is -0.123. The van der Waals surface area contributed by atoms with Gasteiger partial charge in [-0.1, -0.05) is 6.92 Å². The first-order chi connectivity index (χ1) is 13.7. The zero-order valence-corrected chi connectivity index (χ0v) is 15.7. The first kappa shape index (κ1) is 19.6. The highest BCUT2D eigenvalue weighted by Gasteiger charge is 2.37. The monoisotopic (exact) mass is 408 g/mol. The molecule has 2 amide bonds. The van der Waals surface area contributed by atoms with Crippen LogP contribution in [0.3, 0.4) is 0 Å². The van der Waals surface area contributed by atoms with Crippen LogP contribution in [0.25, 0.3) is 16.6 Å². The van der Waals surface area contributed by atoms with E-state index in [1.807, 2.05) is 18.3 Å². The molecule has 4 rings (SSSR count). The Morgan fingerprint density at radius 2 is 2.31 bits per heavy atom. The quantitative estimate of drug-likeness (QED) is 0.667. The summed E-state index contributed by atoms with van der Waals surface area (Å²) in [5, 5.41) is 12.9. The van der Waals surface area contributed by atoms with E-state index in [1.54, 1.807) is 12.2 Å². The number of carbonyl (C=O) groups excluding carboxylic acids is 1. The highest BCUT2D eigenvalue weighted by Crippen LogP contribution is 2.43. The lowest BCUT2D eigenvalue weighted by Gasteiger charge is -2.39. The van der Waals surface area contributed by atoms with E-state index in [2.05, 4.69) is 9.97 Å². The van der Waals surface area contributed by atoms with E-state index in [4.69, 9.17) is 4.65 Å². The van der Waals surface area contributed by atoms with Crippen LogP contribution >= 0.6 is 0 Å². The smallest absolute Gasteiger partial charge is 0.531 e. The molecule has 7 nitrogen and oxygen atoms in total. The van der Waals surface area contributed by atoms with Crippen LogP contribution in [0.5, 0.6) is 5.75 Å². The molecule has 0 spiro atoms. The molecule has 0 radical (unpaired) electrons. The third kappa shape index (κ3) is 3.91. The molecule has 0 aliphatic carbocycles. The molecule has 2 atom stereocenters. The maximum atomic E-state index is 12.4. The molecule has 11 heteroatoms. The van der Waals surface area contributed by atoms with Crippen molar-refractivity contribution in [3.63, 3.8) is 0 Å². The number of carbonyl (C=O) groups is 1. The maximum Gasteiger partial charge on any atom is 0.552 e. The van der Waals surface area contributed by atoms with Gasteiger partial charge in [0.1, 0.15) is 17.9 Å². The number of aromatic amines is 1. The van der Waals surface area contributed by atoms with Crippen LogP contribution in [0.2, 0.25) is 0 Å². The van der Waals surface area contributed by atoms with Gasteiger partial charge < -0.3 is 24.9 Å². The molecule has 29 heavy (non-hydrogen) atoms. The van der Waals surface area contributed by atoms with Crippen molar-refractivity contribution in [2.75, 3.05) is 19.6 Å². The van der Waals surface area contributed by atoms with Crippen molar-refractivity contribution in [3.8, 4) is 5.75 Å². The van der Waals surface area contributed by atoms with Crippen molar-refractivity contribution in [1.29, 1.82) is 0 Å². The van der Waals surface area contributed by atoms with Crippen LogP contribution in [-0.4, -0.2) is 58.9 Å². The van der Waals surface area contributed by atoms with E-state index >= 15 is 0 Å². The molecule has 0 saturated carbocycles. The molecule has 0 aromatic carbocycles. The minimum absolute atomic E-state index is 0.160. The van der Waals surface area contributed by atoms with Gasteiger partial charge in [0.2, 0.25) is 0 Å². The van der Waals surface area contributed by atoms with Gasteiger partial charge >= 0.3 is 19.3 Å².